The Labute approximate surface area is 133 Å². The summed E-state index contributed by atoms with van der Waals surface area (Å²) in [4.78, 5) is 28.3. The molecule has 0 aromatic carbocycles. The molecule has 0 atom stereocenters. The molecule has 1 fully saturated rings. The molecule has 0 unspecified atom stereocenters. The molecule has 5 nitrogen and oxygen atoms in total. The number of carbonyl (C=O) groups excluding carboxylic acids is 1. The van der Waals surface area contributed by atoms with E-state index in [0.717, 1.165) is 36.5 Å². The molecular formula is C16H19N3O2S. The number of hydrogen-bond acceptors (Lipinski definition) is 4. The lowest BCUT2D eigenvalue weighted by Crippen LogP contribution is -2.40. The van der Waals surface area contributed by atoms with E-state index in [4.69, 9.17) is 0 Å². The molecule has 3 rings (SSSR count). The number of thiophene rings is 1. The Morgan fingerprint density at radius 2 is 1.95 bits per heavy atom. The lowest BCUT2D eigenvalue weighted by molar-refractivity contribution is -0.133. The summed E-state index contributed by atoms with van der Waals surface area (Å²) in [6.45, 7) is 3.63. The van der Waals surface area contributed by atoms with E-state index < -0.39 is 0 Å². The van der Waals surface area contributed by atoms with Crippen molar-refractivity contribution in [2.75, 3.05) is 13.1 Å². The average Bonchev–Trinajstić information content (AvgIpc) is 2.97. The van der Waals surface area contributed by atoms with Gasteiger partial charge in [0.25, 0.3) is 5.56 Å². The topological polar surface area (TPSA) is 55.2 Å². The third kappa shape index (κ3) is 3.27. The molecule has 116 valence electrons. The van der Waals surface area contributed by atoms with Crippen LogP contribution >= 0.6 is 11.3 Å². The van der Waals surface area contributed by atoms with E-state index >= 15 is 0 Å². The maximum Gasteiger partial charge on any atom is 0.267 e. The summed E-state index contributed by atoms with van der Waals surface area (Å²) in [6.07, 6.45) is 3.26. The number of aromatic nitrogens is 2. The van der Waals surface area contributed by atoms with E-state index in [-0.39, 0.29) is 18.0 Å². The molecule has 0 N–H and O–H groups in total. The molecule has 1 amide bonds. The van der Waals surface area contributed by atoms with Crippen LogP contribution in [0.4, 0.5) is 0 Å². The van der Waals surface area contributed by atoms with E-state index in [9.17, 15) is 9.59 Å². The second kappa shape index (κ2) is 6.44. The Morgan fingerprint density at radius 3 is 2.64 bits per heavy atom. The Balaban J connectivity index is 1.81. The molecule has 1 saturated heterocycles. The van der Waals surface area contributed by atoms with Crippen molar-refractivity contribution in [1.82, 2.24) is 14.7 Å². The van der Waals surface area contributed by atoms with Gasteiger partial charge in [-0.1, -0.05) is 0 Å². The molecule has 0 saturated carbocycles. The first-order valence-electron chi connectivity index (χ1n) is 7.56. The standard InChI is InChI=1S/C16H19N3O2S/c1-12-5-7-14(22-12)13-6-8-15(20)19(17-13)11-16(21)18-9-3-2-4-10-18/h5-8H,2-4,9-11H2,1H3. The fraction of sp³-hybridized carbons (Fsp3) is 0.438. The minimum atomic E-state index is -0.234. The smallest absolute Gasteiger partial charge is 0.267 e. The second-order valence-corrected chi connectivity index (χ2v) is 6.85. The summed E-state index contributed by atoms with van der Waals surface area (Å²) in [6, 6.07) is 7.22. The molecule has 2 aromatic heterocycles. The van der Waals surface area contributed by atoms with Crippen LogP contribution in [0.5, 0.6) is 0 Å². The lowest BCUT2D eigenvalue weighted by Gasteiger charge is -2.26. The van der Waals surface area contributed by atoms with Gasteiger partial charge in [0.05, 0.1) is 4.88 Å². The van der Waals surface area contributed by atoms with Gasteiger partial charge in [0.2, 0.25) is 5.91 Å². The fourth-order valence-electron chi connectivity index (χ4n) is 2.64. The van der Waals surface area contributed by atoms with Crippen LogP contribution in [-0.2, 0) is 11.3 Å². The van der Waals surface area contributed by atoms with Crippen LogP contribution in [0, 0.1) is 6.92 Å². The monoisotopic (exact) mass is 317 g/mol. The van der Waals surface area contributed by atoms with Crippen molar-refractivity contribution in [3.63, 3.8) is 0 Å². The van der Waals surface area contributed by atoms with Crippen molar-refractivity contribution in [3.05, 3.63) is 39.5 Å². The van der Waals surface area contributed by atoms with Crippen LogP contribution in [0.3, 0.4) is 0 Å². The van der Waals surface area contributed by atoms with E-state index in [1.54, 1.807) is 17.4 Å². The fourth-order valence-corrected chi connectivity index (χ4v) is 3.47. The van der Waals surface area contributed by atoms with Crippen LogP contribution < -0.4 is 5.56 Å². The number of amides is 1. The maximum atomic E-state index is 12.3. The molecule has 22 heavy (non-hydrogen) atoms. The van der Waals surface area contributed by atoms with Crippen LogP contribution in [-0.4, -0.2) is 33.7 Å². The Bertz CT molecular complexity index is 729. The zero-order valence-electron chi connectivity index (χ0n) is 12.6. The zero-order chi connectivity index (χ0) is 15.5. The summed E-state index contributed by atoms with van der Waals surface area (Å²) in [7, 11) is 0. The first-order valence-corrected chi connectivity index (χ1v) is 8.38. The number of nitrogens with zero attached hydrogens (tertiary/aromatic N) is 3. The molecular weight excluding hydrogens is 298 g/mol. The minimum Gasteiger partial charge on any atom is -0.341 e. The van der Waals surface area contributed by atoms with Gasteiger partial charge in [0.15, 0.2) is 0 Å². The van der Waals surface area contributed by atoms with E-state index in [1.165, 1.54) is 22.0 Å². The summed E-state index contributed by atoms with van der Waals surface area (Å²) >= 11 is 1.63. The number of carbonyl (C=O) groups is 1. The molecule has 2 aromatic rings. The van der Waals surface area contributed by atoms with Crippen molar-refractivity contribution in [3.8, 4) is 10.6 Å². The van der Waals surface area contributed by atoms with Gasteiger partial charge in [0, 0.05) is 24.0 Å². The highest BCUT2D eigenvalue weighted by Crippen LogP contribution is 2.25. The van der Waals surface area contributed by atoms with Crippen LogP contribution in [0.25, 0.3) is 10.6 Å². The highest BCUT2D eigenvalue weighted by Gasteiger charge is 2.18. The number of aryl methyl sites for hydroxylation is 1. The van der Waals surface area contributed by atoms with E-state index in [1.807, 2.05) is 24.0 Å². The van der Waals surface area contributed by atoms with Crippen LogP contribution in [0.15, 0.2) is 29.1 Å². The van der Waals surface area contributed by atoms with Gasteiger partial charge in [0.1, 0.15) is 12.2 Å². The first-order chi connectivity index (χ1) is 10.6. The second-order valence-electron chi connectivity index (χ2n) is 5.57. The van der Waals surface area contributed by atoms with Gasteiger partial charge in [-0.15, -0.1) is 11.3 Å². The van der Waals surface area contributed by atoms with E-state index in [0.29, 0.717) is 0 Å². The van der Waals surface area contributed by atoms with Crippen molar-refractivity contribution < 1.29 is 4.79 Å². The third-order valence-electron chi connectivity index (χ3n) is 3.85. The van der Waals surface area contributed by atoms with Gasteiger partial charge in [-0.25, -0.2) is 4.68 Å². The van der Waals surface area contributed by atoms with Crippen molar-refractivity contribution in [2.45, 2.75) is 32.7 Å². The minimum absolute atomic E-state index is 0.0196. The maximum absolute atomic E-state index is 12.3. The first kappa shape index (κ1) is 15.0. The Morgan fingerprint density at radius 1 is 1.18 bits per heavy atom. The van der Waals surface area contributed by atoms with Crippen molar-refractivity contribution in [2.24, 2.45) is 0 Å². The highest BCUT2D eigenvalue weighted by atomic mass is 32.1. The van der Waals surface area contributed by atoms with Gasteiger partial charge < -0.3 is 4.90 Å². The predicted octanol–water partition coefficient (Wildman–Crippen LogP) is 2.29. The molecule has 0 spiro atoms. The number of hydrogen-bond donors (Lipinski definition) is 0. The molecule has 3 heterocycles. The molecule has 1 aliphatic rings. The molecule has 6 heteroatoms. The Kier molecular flexibility index (Phi) is 4.38. The molecule has 0 bridgehead atoms. The summed E-state index contributed by atoms with van der Waals surface area (Å²) in [5, 5.41) is 4.36. The number of rotatable bonds is 3. The predicted molar refractivity (Wildman–Crippen MR) is 87.0 cm³/mol. The van der Waals surface area contributed by atoms with Gasteiger partial charge in [-0.3, -0.25) is 9.59 Å². The van der Waals surface area contributed by atoms with Gasteiger partial charge >= 0.3 is 0 Å². The molecule has 0 radical (unpaired) electrons. The highest BCUT2D eigenvalue weighted by molar-refractivity contribution is 7.15. The average molecular weight is 317 g/mol. The van der Waals surface area contributed by atoms with Crippen molar-refractivity contribution >= 4 is 17.2 Å². The summed E-state index contributed by atoms with van der Waals surface area (Å²) < 4.78 is 1.28. The van der Waals surface area contributed by atoms with Crippen molar-refractivity contribution in [1.29, 1.82) is 0 Å². The number of piperidine rings is 1. The quantitative estimate of drug-likeness (QED) is 0.873. The third-order valence-corrected chi connectivity index (χ3v) is 4.88. The largest absolute Gasteiger partial charge is 0.341 e. The van der Waals surface area contributed by atoms with Gasteiger partial charge in [-0.05, 0) is 44.4 Å². The molecule has 0 aliphatic carbocycles. The SMILES string of the molecule is Cc1ccc(-c2ccc(=O)n(CC(=O)N3CCCCC3)n2)s1. The number of likely N-dealkylation sites (tertiary alicyclic amines) is 1. The summed E-state index contributed by atoms with van der Waals surface area (Å²) in [5.41, 5.74) is 0.506. The van der Waals surface area contributed by atoms with E-state index in [2.05, 4.69) is 5.10 Å². The van der Waals surface area contributed by atoms with Gasteiger partial charge in [-0.2, -0.15) is 5.10 Å². The molecule has 1 aliphatic heterocycles. The zero-order valence-corrected chi connectivity index (χ0v) is 13.4. The van der Waals surface area contributed by atoms with Crippen LogP contribution in [0.1, 0.15) is 24.1 Å². The normalized spacial score (nSPS) is 15.0. The summed E-state index contributed by atoms with van der Waals surface area (Å²) in [5.74, 6) is -0.0196. The van der Waals surface area contributed by atoms with Crippen LogP contribution in [0.2, 0.25) is 0 Å². The Hall–Kier alpha value is -1.95. The lowest BCUT2D eigenvalue weighted by atomic mass is 10.1.